The number of nitrogens with zero attached hydrogens (tertiary/aromatic N) is 1. The van der Waals surface area contributed by atoms with Gasteiger partial charge in [0.05, 0.1) is 51.0 Å². The average molecular weight is 640 g/mol. The van der Waals surface area contributed by atoms with Crippen LogP contribution >= 0.6 is 0 Å². The van der Waals surface area contributed by atoms with Gasteiger partial charge in [0.2, 0.25) is 15.9 Å². The maximum Gasteiger partial charge on any atom is 0.275 e. The van der Waals surface area contributed by atoms with Crippen LogP contribution in [0.15, 0.2) is 16.6 Å². The minimum atomic E-state index is -3.58. The lowest BCUT2D eigenvalue weighted by Gasteiger charge is -2.37. The number of nitrogens with two attached hydrogens (primary N) is 2. The third-order valence-electron chi connectivity index (χ3n) is 7.15. The number of guanidine groups is 1. The molecule has 248 valence electrons. The smallest absolute Gasteiger partial charge is 0.275 e. The van der Waals surface area contributed by atoms with E-state index in [0.29, 0.717) is 65.3 Å². The van der Waals surface area contributed by atoms with Gasteiger partial charge in [0.15, 0.2) is 5.96 Å². The first-order valence-corrected chi connectivity index (χ1v) is 16.2. The van der Waals surface area contributed by atoms with Crippen LogP contribution < -0.4 is 21.5 Å². The van der Waals surface area contributed by atoms with E-state index in [1.165, 1.54) is 19.9 Å². The molecule has 0 aromatic heterocycles. The van der Waals surface area contributed by atoms with Gasteiger partial charge in [0, 0.05) is 25.6 Å². The largest absolute Gasteiger partial charge is 0.378 e. The van der Waals surface area contributed by atoms with E-state index in [9.17, 15) is 26.8 Å². The zero-order valence-corrected chi connectivity index (χ0v) is 25.8. The van der Waals surface area contributed by atoms with Gasteiger partial charge < -0.3 is 35.7 Å². The first-order valence-electron chi connectivity index (χ1n) is 14.6. The third-order valence-corrected chi connectivity index (χ3v) is 9.10. The van der Waals surface area contributed by atoms with Crippen molar-refractivity contribution in [3.05, 3.63) is 11.6 Å². The molecule has 0 aliphatic heterocycles. The molecule has 2 fully saturated rings. The molecular weight excluding hydrogens is 592 g/mol. The molecule has 43 heavy (non-hydrogen) atoms. The number of sulfonamides is 1. The average Bonchev–Trinajstić information content (AvgIpc) is 2.93. The molecule has 2 unspecified atom stereocenters. The lowest BCUT2D eigenvalue weighted by Crippen LogP contribution is -2.45. The highest BCUT2D eigenvalue weighted by atomic mass is 32.2. The van der Waals surface area contributed by atoms with E-state index in [0.717, 1.165) is 0 Å². The number of hydrogen-bond donors (Lipinski definition) is 4. The number of aliphatic imine (C=N–C) groups is 1. The second kappa shape index (κ2) is 19.2. The standard InChI is InChI=1S/C27H47F2N5O8S/c1-18(26(36)34-27(30)31)15-20-16-23(28)25(24(29)17-20)42-21-3-5-22(6-4-21)43(37,38)33-8-10-40-12-14-41-13-11-39-9-7-32-19(2)35/h15,20-25,33H,3-14,16-17H2,1-2H3,(H,32,35)(H4,30,31,34,36)/b18-15+. The molecule has 2 aliphatic carbocycles. The molecule has 0 bridgehead atoms. The van der Waals surface area contributed by atoms with Crippen LogP contribution in [0.5, 0.6) is 0 Å². The number of carbonyl (C=O) groups is 2. The Morgan fingerprint density at radius 2 is 1.42 bits per heavy atom. The van der Waals surface area contributed by atoms with E-state index in [1.54, 1.807) is 0 Å². The van der Waals surface area contributed by atoms with Crippen LogP contribution in [0, 0.1) is 5.92 Å². The molecule has 2 amide bonds. The molecule has 0 saturated heterocycles. The van der Waals surface area contributed by atoms with Crippen LogP contribution in [0.4, 0.5) is 8.78 Å². The maximum atomic E-state index is 14.9. The minimum Gasteiger partial charge on any atom is -0.378 e. The second-order valence-electron chi connectivity index (χ2n) is 10.7. The number of ether oxygens (including phenoxy) is 4. The second-order valence-corrected chi connectivity index (χ2v) is 12.8. The highest BCUT2D eigenvalue weighted by molar-refractivity contribution is 7.90. The summed E-state index contributed by atoms with van der Waals surface area (Å²) in [6, 6.07) is 0. The summed E-state index contributed by atoms with van der Waals surface area (Å²) in [6.45, 7) is 5.47. The molecule has 0 heterocycles. The number of rotatable bonds is 18. The number of allylic oxidation sites excluding steroid dienone is 1. The number of halogens is 2. The summed E-state index contributed by atoms with van der Waals surface area (Å²) < 4.78 is 79.6. The van der Waals surface area contributed by atoms with E-state index in [4.69, 9.17) is 30.4 Å². The molecule has 0 aromatic carbocycles. The van der Waals surface area contributed by atoms with E-state index in [2.05, 4.69) is 15.0 Å². The lowest BCUT2D eigenvalue weighted by molar-refractivity contribution is -0.119. The zero-order valence-electron chi connectivity index (χ0n) is 25.0. The molecule has 6 N–H and O–H groups in total. The molecule has 2 rings (SSSR count). The topological polar surface area (TPSA) is 194 Å². The van der Waals surface area contributed by atoms with Crippen LogP contribution in [0.25, 0.3) is 0 Å². The van der Waals surface area contributed by atoms with Crippen molar-refractivity contribution >= 4 is 27.8 Å². The van der Waals surface area contributed by atoms with Crippen molar-refractivity contribution in [1.29, 1.82) is 0 Å². The van der Waals surface area contributed by atoms with Gasteiger partial charge in [-0.3, -0.25) is 9.59 Å². The molecule has 2 aliphatic rings. The summed E-state index contributed by atoms with van der Waals surface area (Å²) in [6.07, 6.45) is -1.94. The van der Waals surface area contributed by atoms with Crippen LogP contribution in [-0.2, 0) is 38.6 Å². The van der Waals surface area contributed by atoms with Gasteiger partial charge in [-0.25, -0.2) is 21.9 Å². The van der Waals surface area contributed by atoms with E-state index >= 15 is 0 Å². The summed E-state index contributed by atoms with van der Waals surface area (Å²) in [5.74, 6) is -1.65. The van der Waals surface area contributed by atoms with Crippen molar-refractivity contribution in [2.75, 3.05) is 52.7 Å². The highest BCUT2D eigenvalue weighted by Crippen LogP contribution is 2.35. The monoisotopic (exact) mass is 639 g/mol. The molecule has 2 atom stereocenters. The Balaban J connectivity index is 1.60. The molecule has 0 radical (unpaired) electrons. The Morgan fingerprint density at radius 1 is 0.884 bits per heavy atom. The molecule has 13 nitrogen and oxygen atoms in total. The van der Waals surface area contributed by atoms with Gasteiger partial charge in [0.1, 0.15) is 18.4 Å². The van der Waals surface area contributed by atoms with Gasteiger partial charge in [-0.2, -0.15) is 4.99 Å². The van der Waals surface area contributed by atoms with Crippen molar-refractivity contribution in [1.82, 2.24) is 10.0 Å². The van der Waals surface area contributed by atoms with Crippen LogP contribution in [0.2, 0.25) is 0 Å². The maximum absolute atomic E-state index is 14.9. The quantitative estimate of drug-likeness (QED) is 0.0715. The molecule has 0 aromatic rings. The number of amides is 2. The Bertz CT molecular complexity index is 1020. The fraction of sp³-hybridized carbons (Fsp3) is 0.815. The molecule has 0 spiro atoms. The number of alkyl halides is 2. The molecule has 2 saturated carbocycles. The first kappa shape index (κ1) is 36.9. The summed E-state index contributed by atoms with van der Waals surface area (Å²) in [7, 11) is -3.58. The third kappa shape index (κ3) is 14.4. The molecular formula is C27H47F2N5O8S. The van der Waals surface area contributed by atoms with Gasteiger partial charge in [-0.1, -0.05) is 6.08 Å². The fourth-order valence-corrected chi connectivity index (χ4v) is 6.52. The summed E-state index contributed by atoms with van der Waals surface area (Å²) in [4.78, 5) is 26.1. The van der Waals surface area contributed by atoms with Gasteiger partial charge in [-0.05, 0) is 51.4 Å². The van der Waals surface area contributed by atoms with E-state index < -0.39 is 51.6 Å². The van der Waals surface area contributed by atoms with Gasteiger partial charge >= 0.3 is 0 Å². The van der Waals surface area contributed by atoms with Crippen LogP contribution in [0.3, 0.4) is 0 Å². The Hall–Kier alpha value is -2.24. The SMILES string of the molecule is CC(=O)NCCOCCOCCOCCNS(=O)(=O)C1CCC(OC2C(F)CC(/C=C(\C)C(=O)N=C(N)N)CC2F)CC1. The number of hydrogen-bond acceptors (Lipinski definition) is 8. The summed E-state index contributed by atoms with van der Waals surface area (Å²) in [5.41, 5.74) is 10.6. The zero-order chi connectivity index (χ0) is 31.8. The van der Waals surface area contributed by atoms with Crippen molar-refractivity contribution in [3.63, 3.8) is 0 Å². The predicted octanol–water partition coefficient (Wildman–Crippen LogP) is 0.621. The van der Waals surface area contributed by atoms with Crippen molar-refractivity contribution in [2.24, 2.45) is 22.4 Å². The summed E-state index contributed by atoms with van der Waals surface area (Å²) in [5, 5.41) is 2.00. The van der Waals surface area contributed by atoms with E-state index in [-0.39, 0.29) is 43.4 Å². The van der Waals surface area contributed by atoms with Crippen LogP contribution in [0.1, 0.15) is 52.4 Å². The highest BCUT2D eigenvalue weighted by Gasteiger charge is 2.41. The minimum absolute atomic E-state index is 0.00508. The fourth-order valence-electron chi connectivity index (χ4n) is 5.02. The lowest BCUT2D eigenvalue weighted by atomic mass is 9.83. The predicted molar refractivity (Wildman–Crippen MR) is 156 cm³/mol. The van der Waals surface area contributed by atoms with Gasteiger partial charge in [-0.15, -0.1) is 0 Å². The number of carbonyl (C=O) groups excluding carboxylic acids is 2. The van der Waals surface area contributed by atoms with Crippen molar-refractivity contribution in [3.8, 4) is 0 Å². The normalized spacial score (nSPS) is 26.6. The number of nitrogens with one attached hydrogen (secondary N) is 2. The van der Waals surface area contributed by atoms with Gasteiger partial charge in [0.25, 0.3) is 5.91 Å². The van der Waals surface area contributed by atoms with Crippen molar-refractivity contribution in [2.45, 2.75) is 82.2 Å². The first-order chi connectivity index (χ1) is 20.4. The Labute approximate surface area is 252 Å². The Kier molecular flexibility index (Phi) is 16.5. The summed E-state index contributed by atoms with van der Waals surface area (Å²) >= 11 is 0. The van der Waals surface area contributed by atoms with Crippen molar-refractivity contribution < 1.29 is 45.7 Å². The molecule has 16 heteroatoms. The van der Waals surface area contributed by atoms with E-state index in [1.807, 2.05) is 0 Å². The van der Waals surface area contributed by atoms with Crippen LogP contribution in [-0.4, -0.2) is 109 Å². The Morgan fingerprint density at radius 3 is 1.95 bits per heavy atom.